The highest BCUT2D eigenvalue weighted by molar-refractivity contribution is 5.90. The Bertz CT molecular complexity index is 1050. The summed E-state index contributed by atoms with van der Waals surface area (Å²) in [5.74, 6) is 8.24. The van der Waals surface area contributed by atoms with Gasteiger partial charge in [-0.15, -0.1) is 0 Å². The molecule has 2 aliphatic rings. The number of anilines is 3. The van der Waals surface area contributed by atoms with Crippen molar-refractivity contribution in [3.05, 3.63) is 29.5 Å². The van der Waals surface area contributed by atoms with E-state index >= 15 is 0 Å². The minimum absolute atomic E-state index is 0.172. The zero-order valence-electron chi connectivity index (χ0n) is 19.3. The first-order valence-electron chi connectivity index (χ1n) is 11.3. The van der Waals surface area contributed by atoms with Crippen LogP contribution in [0.1, 0.15) is 18.1 Å². The van der Waals surface area contributed by atoms with Gasteiger partial charge in [-0.05, 0) is 13.0 Å². The van der Waals surface area contributed by atoms with Crippen molar-refractivity contribution in [2.45, 2.75) is 13.0 Å². The van der Waals surface area contributed by atoms with Crippen molar-refractivity contribution in [2.24, 2.45) is 0 Å². The molecular weight excluding hydrogens is 436 g/mol. The highest BCUT2D eigenvalue weighted by atomic mass is 16.5. The van der Waals surface area contributed by atoms with E-state index in [9.17, 15) is 4.79 Å². The number of ether oxygens (including phenoxy) is 1. The lowest BCUT2D eigenvalue weighted by Gasteiger charge is -2.34. The molecule has 1 amide bonds. The number of nitrogens with zero attached hydrogens (tertiary/aromatic N) is 5. The number of carbonyl (C=O) groups is 1. The summed E-state index contributed by atoms with van der Waals surface area (Å²) in [7, 11) is 0. The monoisotopic (exact) mass is 466 g/mol. The van der Waals surface area contributed by atoms with Gasteiger partial charge in [-0.3, -0.25) is 14.8 Å². The molecule has 0 unspecified atom stereocenters. The Hall–Kier alpha value is -3.46. The van der Waals surface area contributed by atoms with Gasteiger partial charge in [0.05, 0.1) is 37.6 Å². The van der Waals surface area contributed by atoms with Gasteiger partial charge in [0.25, 0.3) is 0 Å². The van der Waals surface area contributed by atoms with Gasteiger partial charge in [0.2, 0.25) is 5.91 Å². The third-order valence-electron chi connectivity index (χ3n) is 5.99. The third kappa shape index (κ3) is 5.53. The zero-order chi connectivity index (χ0) is 23.9. The molecule has 2 aromatic heterocycles. The fourth-order valence-corrected chi connectivity index (χ4v) is 4.06. The number of aliphatic hydroxyl groups excluding tert-OH is 1. The van der Waals surface area contributed by atoms with Crippen molar-refractivity contribution in [3.63, 3.8) is 0 Å². The average Bonchev–Trinajstić information content (AvgIpc) is 3.37. The van der Waals surface area contributed by atoms with Crippen LogP contribution in [0.15, 0.2) is 18.3 Å². The quantitative estimate of drug-likeness (QED) is 0.352. The van der Waals surface area contributed by atoms with Crippen LogP contribution in [-0.2, 0) is 9.53 Å². The van der Waals surface area contributed by atoms with Gasteiger partial charge in [0.1, 0.15) is 24.1 Å². The van der Waals surface area contributed by atoms with E-state index in [0.717, 1.165) is 17.9 Å². The topological polar surface area (TPSA) is 134 Å². The van der Waals surface area contributed by atoms with Crippen LogP contribution in [-0.4, -0.2) is 107 Å². The van der Waals surface area contributed by atoms with Crippen LogP contribution in [0.4, 0.5) is 17.5 Å². The molecule has 0 saturated carbocycles. The van der Waals surface area contributed by atoms with E-state index in [1.165, 1.54) is 6.21 Å². The molecule has 0 bridgehead atoms. The lowest BCUT2D eigenvalue weighted by Crippen LogP contribution is -2.49. The average molecular weight is 467 g/mol. The van der Waals surface area contributed by atoms with E-state index < -0.39 is 6.61 Å². The number of piperazine rings is 1. The molecule has 11 nitrogen and oxygen atoms in total. The highest BCUT2D eigenvalue weighted by Gasteiger charge is 2.23. The molecule has 4 rings (SSSR count). The van der Waals surface area contributed by atoms with Crippen LogP contribution in [0.2, 0.25) is 0 Å². The van der Waals surface area contributed by atoms with Gasteiger partial charge < -0.3 is 30.4 Å². The van der Waals surface area contributed by atoms with Crippen LogP contribution in [0, 0.1) is 17.3 Å². The fourth-order valence-electron chi connectivity index (χ4n) is 4.06. The summed E-state index contributed by atoms with van der Waals surface area (Å²) in [5.41, 5.74) is 1.32. The van der Waals surface area contributed by atoms with Gasteiger partial charge in [-0.1, -0.05) is 11.8 Å². The van der Waals surface area contributed by atoms with Crippen molar-refractivity contribution in [1.82, 2.24) is 25.0 Å². The molecule has 2 aromatic rings. The third-order valence-corrected chi connectivity index (χ3v) is 5.99. The number of carbonyl (C=O) groups excluding carboxylic acids is 1. The summed E-state index contributed by atoms with van der Waals surface area (Å²) in [5, 5.41) is 27.1. The van der Waals surface area contributed by atoms with Gasteiger partial charge in [0, 0.05) is 50.6 Å². The van der Waals surface area contributed by atoms with Crippen molar-refractivity contribution in [1.29, 1.82) is 5.41 Å². The Morgan fingerprint density at radius 3 is 2.88 bits per heavy atom. The number of aliphatic hydroxyl groups is 1. The Kier molecular flexibility index (Phi) is 7.74. The van der Waals surface area contributed by atoms with Crippen LogP contribution in [0.3, 0.4) is 0 Å². The summed E-state index contributed by atoms with van der Waals surface area (Å²) in [6.45, 7) is 6.76. The largest absolute Gasteiger partial charge is 0.387 e. The molecule has 180 valence electrons. The normalized spacial score (nSPS) is 18.8. The first kappa shape index (κ1) is 23.7. The summed E-state index contributed by atoms with van der Waals surface area (Å²) in [6.07, 6.45) is 2.91. The van der Waals surface area contributed by atoms with E-state index in [1.54, 1.807) is 17.2 Å². The second kappa shape index (κ2) is 11.1. The second-order valence-electron chi connectivity index (χ2n) is 8.26. The van der Waals surface area contributed by atoms with Crippen molar-refractivity contribution in [3.8, 4) is 11.8 Å². The summed E-state index contributed by atoms with van der Waals surface area (Å²) >= 11 is 0. The molecule has 4 N–H and O–H groups in total. The summed E-state index contributed by atoms with van der Waals surface area (Å²) < 4.78 is 5.58. The van der Waals surface area contributed by atoms with Crippen molar-refractivity contribution >= 4 is 29.6 Å². The number of aromatic amines is 1. The van der Waals surface area contributed by atoms with E-state index in [1.807, 2.05) is 6.07 Å². The zero-order valence-corrected chi connectivity index (χ0v) is 19.3. The standard InChI is InChI=1S/C23H30N8O3/c1-17-16-34-12-11-31(17)21-13-18(19(14-24)23(27-21)26-20-4-5-25-28-20)3-2-6-29-7-9-30(10-8-29)22(33)15-32/h4-5,13-14,17,24,32H,6-12,15-16H2,1H3,(H2,25,26,27,28)/t17-/m1/s1. The fraction of sp³-hybridized carbons (Fsp3) is 0.478. The first-order chi connectivity index (χ1) is 16.6. The first-order valence-corrected chi connectivity index (χ1v) is 11.3. The van der Waals surface area contributed by atoms with Gasteiger partial charge in [-0.2, -0.15) is 5.10 Å². The van der Waals surface area contributed by atoms with E-state index in [2.05, 4.69) is 44.1 Å². The Labute approximate surface area is 198 Å². The maximum atomic E-state index is 11.7. The molecule has 0 aromatic carbocycles. The van der Waals surface area contributed by atoms with E-state index in [0.29, 0.717) is 63.1 Å². The maximum Gasteiger partial charge on any atom is 0.248 e. The van der Waals surface area contributed by atoms with Gasteiger partial charge >= 0.3 is 0 Å². The number of pyridine rings is 1. The summed E-state index contributed by atoms with van der Waals surface area (Å²) in [6, 6.07) is 3.91. The molecule has 0 spiro atoms. The second-order valence-corrected chi connectivity index (χ2v) is 8.26. The lowest BCUT2D eigenvalue weighted by molar-refractivity contribution is -0.135. The molecule has 0 radical (unpaired) electrons. The Balaban J connectivity index is 1.56. The minimum Gasteiger partial charge on any atom is -0.387 e. The van der Waals surface area contributed by atoms with Crippen molar-refractivity contribution in [2.75, 3.05) is 69.3 Å². The summed E-state index contributed by atoms with van der Waals surface area (Å²) in [4.78, 5) is 22.5. The van der Waals surface area contributed by atoms with Crippen molar-refractivity contribution < 1.29 is 14.6 Å². The highest BCUT2D eigenvalue weighted by Crippen LogP contribution is 2.26. The molecule has 11 heteroatoms. The van der Waals surface area contributed by atoms with Crippen LogP contribution < -0.4 is 10.2 Å². The molecular formula is C23H30N8O3. The number of hydrogen-bond donors (Lipinski definition) is 4. The van der Waals surface area contributed by atoms with Crippen LogP contribution in [0.5, 0.6) is 0 Å². The molecule has 34 heavy (non-hydrogen) atoms. The van der Waals surface area contributed by atoms with Crippen LogP contribution >= 0.6 is 0 Å². The molecule has 2 aliphatic heterocycles. The number of hydrogen-bond acceptors (Lipinski definition) is 9. The van der Waals surface area contributed by atoms with Gasteiger partial charge in [0.15, 0.2) is 0 Å². The predicted molar refractivity (Wildman–Crippen MR) is 129 cm³/mol. The predicted octanol–water partition coefficient (Wildman–Crippen LogP) is 0.259. The number of H-pyrrole nitrogens is 1. The number of amides is 1. The lowest BCUT2D eigenvalue weighted by atomic mass is 10.1. The molecule has 4 heterocycles. The molecule has 1 atom stereocenters. The molecule has 0 aliphatic carbocycles. The smallest absolute Gasteiger partial charge is 0.248 e. The van der Waals surface area contributed by atoms with Crippen LogP contribution in [0.25, 0.3) is 0 Å². The minimum atomic E-state index is -0.451. The molecule has 2 saturated heterocycles. The SMILES string of the molecule is C[C@@H]1COCCN1c1cc(C#CCN2CCN(C(=O)CO)CC2)c(C=N)c(Nc2ccn[nH]2)n1. The van der Waals surface area contributed by atoms with E-state index in [-0.39, 0.29) is 11.9 Å². The molecule has 2 fully saturated rings. The number of nitrogens with one attached hydrogen (secondary N) is 3. The number of rotatable bonds is 6. The number of aromatic nitrogens is 3. The van der Waals surface area contributed by atoms with Gasteiger partial charge in [-0.25, -0.2) is 4.98 Å². The Morgan fingerprint density at radius 1 is 1.38 bits per heavy atom. The number of morpholine rings is 1. The maximum absolute atomic E-state index is 11.7. The van der Waals surface area contributed by atoms with E-state index in [4.69, 9.17) is 20.2 Å². The Morgan fingerprint density at radius 2 is 2.21 bits per heavy atom.